The molecule has 0 aliphatic carbocycles. The molecule has 1 atom stereocenters. The lowest BCUT2D eigenvalue weighted by Gasteiger charge is -2.22. The molecule has 0 saturated carbocycles. The van der Waals surface area contributed by atoms with Gasteiger partial charge in [0.1, 0.15) is 22.7 Å². The number of anilines is 1. The van der Waals surface area contributed by atoms with Crippen molar-refractivity contribution in [2.45, 2.75) is 26.8 Å². The third-order valence-corrected chi connectivity index (χ3v) is 6.18. The third kappa shape index (κ3) is 3.64. The highest BCUT2D eigenvalue weighted by Gasteiger charge is 2.20. The molecule has 0 saturated heterocycles. The van der Waals surface area contributed by atoms with Crippen LogP contribution in [0.3, 0.4) is 0 Å². The van der Waals surface area contributed by atoms with Gasteiger partial charge in [0.15, 0.2) is 5.43 Å². The summed E-state index contributed by atoms with van der Waals surface area (Å²) in [6.07, 6.45) is 1.64. The molecule has 3 aromatic heterocycles. The number of benzene rings is 2. The molecule has 0 radical (unpaired) electrons. The van der Waals surface area contributed by atoms with E-state index in [4.69, 9.17) is 11.6 Å². The molecule has 34 heavy (non-hydrogen) atoms. The summed E-state index contributed by atoms with van der Waals surface area (Å²) >= 11 is 6.41. The Balaban J connectivity index is 1.74. The fourth-order valence-corrected chi connectivity index (χ4v) is 4.48. The van der Waals surface area contributed by atoms with Gasteiger partial charge >= 0.3 is 0 Å². The van der Waals surface area contributed by atoms with Crippen LogP contribution in [0.15, 0.2) is 70.4 Å². The number of fused-ring (bicyclic) bond motifs is 2. The molecule has 5 aromatic rings. The summed E-state index contributed by atoms with van der Waals surface area (Å²) in [5, 5.41) is 5.35. The van der Waals surface area contributed by atoms with E-state index in [0.29, 0.717) is 44.3 Å². The molecule has 8 heteroatoms. The largest absolute Gasteiger partial charge is 0.361 e. The van der Waals surface area contributed by atoms with Crippen molar-refractivity contribution in [2.24, 2.45) is 0 Å². The summed E-state index contributed by atoms with van der Waals surface area (Å²) in [6.45, 7) is 5.44. The number of hydrogen-bond acceptors (Lipinski definition) is 5. The first-order valence-electron chi connectivity index (χ1n) is 10.9. The molecule has 0 aliphatic heterocycles. The lowest BCUT2D eigenvalue weighted by Crippen LogP contribution is -2.26. The number of aryl methyl sites for hydroxylation is 2. The van der Waals surface area contributed by atoms with Crippen LogP contribution in [0.1, 0.15) is 30.0 Å². The van der Waals surface area contributed by atoms with Crippen molar-refractivity contribution in [3.05, 3.63) is 103 Å². The number of nitrogens with one attached hydrogen (secondary N) is 2. The second-order valence-corrected chi connectivity index (χ2v) is 8.67. The SMILES string of the molecule is Cc1nc(NC(C)c2cc3cccc(Cl)c3c(=O)n2-c2ccccc2)c2c(=O)c(C)c[nH]c2n1. The molecule has 2 N–H and O–H groups in total. The van der Waals surface area contributed by atoms with Crippen LogP contribution in [0.2, 0.25) is 5.02 Å². The van der Waals surface area contributed by atoms with Gasteiger partial charge in [0.2, 0.25) is 0 Å². The lowest BCUT2D eigenvalue weighted by molar-refractivity contribution is 0.773. The zero-order chi connectivity index (χ0) is 24.0. The van der Waals surface area contributed by atoms with Crippen molar-refractivity contribution in [3.63, 3.8) is 0 Å². The van der Waals surface area contributed by atoms with Crippen LogP contribution >= 0.6 is 11.6 Å². The number of nitrogens with zero attached hydrogens (tertiary/aromatic N) is 3. The Bertz CT molecular complexity index is 1680. The predicted molar refractivity (Wildman–Crippen MR) is 136 cm³/mol. The Morgan fingerprint density at radius 3 is 2.53 bits per heavy atom. The molecular weight excluding hydrogens is 450 g/mol. The van der Waals surface area contributed by atoms with Crippen LogP contribution in [0, 0.1) is 13.8 Å². The quantitative estimate of drug-likeness (QED) is 0.382. The maximum Gasteiger partial charge on any atom is 0.264 e. The van der Waals surface area contributed by atoms with E-state index < -0.39 is 0 Å². The zero-order valence-electron chi connectivity index (χ0n) is 18.9. The maximum absolute atomic E-state index is 13.7. The molecule has 0 bridgehead atoms. The van der Waals surface area contributed by atoms with E-state index in [1.807, 2.05) is 55.5 Å². The Kier molecular flexibility index (Phi) is 5.42. The Morgan fingerprint density at radius 2 is 1.76 bits per heavy atom. The number of pyridine rings is 2. The van der Waals surface area contributed by atoms with Crippen LogP contribution in [-0.4, -0.2) is 19.5 Å². The average molecular weight is 472 g/mol. The summed E-state index contributed by atoms with van der Waals surface area (Å²) in [7, 11) is 0. The topological polar surface area (TPSA) is 92.7 Å². The second-order valence-electron chi connectivity index (χ2n) is 8.26. The van der Waals surface area contributed by atoms with E-state index in [0.717, 1.165) is 11.1 Å². The number of H-pyrrole nitrogens is 1. The first kappa shape index (κ1) is 21.9. The third-order valence-electron chi connectivity index (χ3n) is 5.87. The molecule has 170 valence electrons. The average Bonchev–Trinajstić information content (AvgIpc) is 2.81. The highest BCUT2D eigenvalue weighted by Crippen LogP contribution is 2.28. The number of halogens is 1. The Hall–Kier alpha value is -3.97. The molecule has 0 fully saturated rings. The number of aromatic nitrogens is 4. The lowest BCUT2D eigenvalue weighted by atomic mass is 10.1. The van der Waals surface area contributed by atoms with E-state index in [1.54, 1.807) is 30.7 Å². The molecule has 0 spiro atoms. The van der Waals surface area contributed by atoms with Crippen LogP contribution in [0.4, 0.5) is 5.82 Å². The predicted octanol–water partition coefficient (Wildman–Crippen LogP) is 5.07. The van der Waals surface area contributed by atoms with E-state index in [2.05, 4.69) is 20.3 Å². The monoisotopic (exact) mass is 471 g/mol. The summed E-state index contributed by atoms with van der Waals surface area (Å²) in [5.74, 6) is 0.936. The van der Waals surface area contributed by atoms with Crippen molar-refractivity contribution >= 4 is 39.2 Å². The normalized spacial score (nSPS) is 12.2. The summed E-state index contributed by atoms with van der Waals surface area (Å²) in [4.78, 5) is 38.5. The fourth-order valence-electron chi connectivity index (χ4n) is 4.22. The van der Waals surface area contributed by atoms with E-state index in [9.17, 15) is 9.59 Å². The van der Waals surface area contributed by atoms with E-state index in [-0.39, 0.29) is 17.0 Å². The van der Waals surface area contributed by atoms with Gasteiger partial charge < -0.3 is 10.3 Å². The summed E-state index contributed by atoms with van der Waals surface area (Å²) < 4.78 is 1.65. The maximum atomic E-state index is 13.7. The van der Waals surface area contributed by atoms with Gasteiger partial charge in [-0.3, -0.25) is 14.2 Å². The van der Waals surface area contributed by atoms with Crippen LogP contribution in [0.25, 0.3) is 27.5 Å². The number of para-hydroxylation sites is 1. The molecule has 3 heterocycles. The molecule has 7 nitrogen and oxygen atoms in total. The Labute approximate surface area is 200 Å². The standard InChI is InChI=1S/C26H22ClN5O2/c1-14-13-28-24-22(23(14)33)25(31-16(3)30-24)29-15(2)20-12-17-8-7-11-19(27)21(17)26(34)32(20)18-9-5-4-6-10-18/h4-13,15H,1-3H3,(H2,28,29,30,31,33). The number of hydrogen-bond donors (Lipinski definition) is 2. The Morgan fingerprint density at radius 1 is 1.00 bits per heavy atom. The van der Waals surface area contributed by atoms with E-state index >= 15 is 0 Å². The van der Waals surface area contributed by atoms with Gasteiger partial charge in [-0.25, -0.2) is 9.97 Å². The van der Waals surface area contributed by atoms with E-state index in [1.165, 1.54) is 0 Å². The van der Waals surface area contributed by atoms with Crippen molar-refractivity contribution in [3.8, 4) is 5.69 Å². The smallest absolute Gasteiger partial charge is 0.264 e. The van der Waals surface area contributed by atoms with Crippen LogP contribution in [-0.2, 0) is 0 Å². The van der Waals surface area contributed by atoms with Gasteiger partial charge in [-0.05, 0) is 50.4 Å². The molecule has 0 amide bonds. The van der Waals surface area contributed by atoms with Crippen LogP contribution < -0.4 is 16.3 Å². The minimum Gasteiger partial charge on any atom is -0.361 e. The van der Waals surface area contributed by atoms with Gasteiger partial charge in [0.25, 0.3) is 5.56 Å². The summed E-state index contributed by atoms with van der Waals surface area (Å²) in [5.41, 5.74) is 2.10. The molecule has 2 aromatic carbocycles. The molecule has 5 rings (SSSR count). The van der Waals surface area contributed by atoms with Gasteiger partial charge in [0.05, 0.1) is 16.5 Å². The fraction of sp³-hybridized carbons (Fsp3) is 0.154. The molecule has 0 aliphatic rings. The zero-order valence-corrected chi connectivity index (χ0v) is 19.6. The second kappa shape index (κ2) is 8.43. The first-order valence-corrected chi connectivity index (χ1v) is 11.3. The highest BCUT2D eigenvalue weighted by molar-refractivity contribution is 6.35. The first-order chi connectivity index (χ1) is 16.3. The number of rotatable bonds is 4. The van der Waals surface area contributed by atoms with Gasteiger partial charge in [-0.2, -0.15) is 0 Å². The van der Waals surface area contributed by atoms with Gasteiger partial charge in [0, 0.05) is 23.1 Å². The van der Waals surface area contributed by atoms with Crippen molar-refractivity contribution in [1.82, 2.24) is 19.5 Å². The van der Waals surface area contributed by atoms with Crippen molar-refractivity contribution in [1.29, 1.82) is 0 Å². The molecular formula is C26H22ClN5O2. The summed E-state index contributed by atoms with van der Waals surface area (Å²) in [6, 6.07) is 16.4. The molecule has 1 unspecified atom stereocenters. The van der Waals surface area contributed by atoms with Gasteiger partial charge in [-0.15, -0.1) is 0 Å². The van der Waals surface area contributed by atoms with Crippen LogP contribution in [0.5, 0.6) is 0 Å². The van der Waals surface area contributed by atoms with Crippen molar-refractivity contribution < 1.29 is 0 Å². The minimum absolute atomic E-state index is 0.144. The number of aromatic amines is 1. The van der Waals surface area contributed by atoms with Gasteiger partial charge in [-0.1, -0.05) is 41.9 Å². The minimum atomic E-state index is -0.381. The highest BCUT2D eigenvalue weighted by atomic mass is 35.5. The van der Waals surface area contributed by atoms with Crippen molar-refractivity contribution in [2.75, 3.05) is 5.32 Å².